The van der Waals surface area contributed by atoms with Gasteiger partial charge in [0, 0.05) is 0 Å². The smallest absolute Gasteiger partial charge is 0.0658 e. The summed E-state index contributed by atoms with van der Waals surface area (Å²) >= 11 is 0. The van der Waals surface area contributed by atoms with E-state index in [2.05, 4.69) is 9.98 Å². The molecule has 4 heteroatoms. The standard InChI is InChI=1S/C30H22N4/c1-3-8-23(9-4-1)31-25-14-18-27(19-15-25)33-29-12-7-13-30(22-29)34-28-20-16-26(17-21-28)32-24-10-5-2-6-11-24/h1-22H. The molecule has 0 amide bonds. The number of para-hydroxylation sites is 2. The summed E-state index contributed by atoms with van der Waals surface area (Å²) in [5.74, 6) is 0. The Labute approximate surface area is 199 Å². The molecule has 4 nitrogen and oxygen atoms in total. The van der Waals surface area contributed by atoms with Gasteiger partial charge in [0.1, 0.15) is 0 Å². The summed E-state index contributed by atoms with van der Waals surface area (Å²) in [5.41, 5.74) is 7.11. The van der Waals surface area contributed by atoms with Gasteiger partial charge in [-0.25, -0.2) is 20.0 Å². The number of hydrogen-bond acceptors (Lipinski definition) is 4. The highest BCUT2D eigenvalue weighted by molar-refractivity contribution is 6.20. The molecule has 5 rings (SSSR count). The van der Waals surface area contributed by atoms with Crippen molar-refractivity contribution in [2.45, 2.75) is 0 Å². The van der Waals surface area contributed by atoms with Crippen LogP contribution in [0.1, 0.15) is 0 Å². The Hall–Kier alpha value is -4.70. The monoisotopic (exact) mass is 438 g/mol. The Morgan fingerprint density at radius 1 is 0.294 bits per heavy atom. The molecule has 0 aromatic heterocycles. The lowest BCUT2D eigenvalue weighted by Crippen LogP contribution is -1.99. The summed E-state index contributed by atoms with van der Waals surface area (Å²) in [4.78, 5) is 18.7. The van der Waals surface area contributed by atoms with Gasteiger partial charge in [-0.15, -0.1) is 0 Å². The van der Waals surface area contributed by atoms with Crippen LogP contribution in [-0.2, 0) is 0 Å². The van der Waals surface area contributed by atoms with Crippen molar-refractivity contribution in [1.82, 2.24) is 0 Å². The van der Waals surface area contributed by atoms with E-state index in [1.54, 1.807) is 0 Å². The lowest BCUT2D eigenvalue weighted by molar-refractivity contribution is 1.46. The van der Waals surface area contributed by atoms with Crippen molar-refractivity contribution in [3.63, 3.8) is 0 Å². The van der Waals surface area contributed by atoms with Gasteiger partial charge in [0.05, 0.1) is 45.6 Å². The van der Waals surface area contributed by atoms with Gasteiger partial charge in [0.2, 0.25) is 0 Å². The fourth-order valence-corrected chi connectivity index (χ4v) is 3.44. The topological polar surface area (TPSA) is 49.4 Å². The Kier molecular flexibility index (Phi) is 6.40. The molecule has 0 saturated carbocycles. The van der Waals surface area contributed by atoms with E-state index in [9.17, 15) is 0 Å². The van der Waals surface area contributed by atoms with Crippen molar-refractivity contribution >= 4 is 45.6 Å². The van der Waals surface area contributed by atoms with Crippen molar-refractivity contribution in [3.05, 3.63) is 134 Å². The first kappa shape index (κ1) is 21.2. The predicted molar refractivity (Wildman–Crippen MR) is 144 cm³/mol. The molecule has 2 aliphatic rings. The minimum absolute atomic E-state index is 0.852. The number of allylic oxidation sites excluding steroid dienone is 8. The number of hydrogen-bond donors (Lipinski definition) is 0. The fourth-order valence-electron chi connectivity index (χ4n) is 3.44. The maximum absolute atomic E-state index is 4.74. The molecular weight excluding hydrogens is 416 g/mol. The van der Waals surface area contributed by atoms with Gasteiger partial charge in [0.15, 0.2) is 0 Å². The number of rotatable bonds is 4. The zero-order valence-electron chi connectivity index (χ0n) is 18.5. The van der Waals surface area contributed by atoms with Crippen LogP contribution in [-0.4, -0.2) is 22.8 Å². The third kappa shape index (κ3) is 5.75. The van der Waals surface area contributed by atoms with Crippen molar-refractivity contribution in [2.24, 2.45) is 20.0 Å². The maximum Gasteiger partial charge on any atom is 0.0658 e. The zero-order chi connectivity index (χ0) is 23.0. The largest absolute Gasteiger partial charge is 0.249 e. The van der Waals surface area contributed by atoms with Crippen LogP contribution in [0.5, 0.6) is 0 Å². The molecule has 162 valence electrons. The van der Waals surface area contributed by atoms with Gasteiger partial charge in [-0.2, -0.15) is 0 Å². The Bertz CT molecular complexity index is 1270. The van der Waals surface area contributed by atoms with Crippen LogP contribution < -0.4 is 0 Å². The van der Waals surface area contributed by atoms with E-state index in [-0.39, 0.29) is 0 Å². The SMILES string of the molecule is C1=CC(=Nc2cccc(N=C3C=CC(=Nc4ccccc4)C=C3)c2)C=CC1=Nc1ccccc1. The molecule has 0 bridgehead atoms. The van der Waals surface area contributed by atoms with Gasteiger partial charge in [-0.3, -0.25) is 0 Å². The molecule has 0 heterocycles. The highest BCUT2D eigenvalue weighted by atomic mass is 14.8. The van der Waals surface area contributed by atoms with Crippen molar-refractivity contribution in [3.8, 4) is 0 Å². The average Bonchev–Trinajstić information content (AvgIpc) is 2.88. The summed E-state index contributed by atoms with van der Waals surface area (Å²) in [6, 6.07) is 27.7. The minimum Gasteiger partial charge on any atom is -0.249 e. The van der Waals surface area contributed by atoms with E-state index in [0.29, 0.717) is 0 Å². The first-order chi connectivity index (χ1) is 16.8. The first-order valence-corrected chi connectivity index (χ1v) is 11.1. The highest BCUT2D eigenvalue weighted by Gasteiger charge is 2.03. The molecular formula is C30H22N4. The minimum atomic E-state index is 0.852. The van der Waals surface area contributed by atoms with Crippen LogP contribution in [0.15, 0.2) is 154 Å². The summed E-state index contributed by atoms with van der Waals surface area (Å²) in [6.45, 7) is 0. The molecule has 0 spiro atoms. The molecule has 3 aromatic carbocycles. The van der Waals surface area contributed by atoms with Crippen LogP contribution in [0.3, 0.4) is 0 Å². The second-order valence-corrected chi connectivity index (χ2v) is 7.67. The van der Waals surface area contributed by atoms with Crippen LogP contribution in [0, 0.1) is 0 Å². The van der Waals surface area contributed by atoms with Gasteiger partial charge in [-0.05, 0) is 91.1 Å². The zero-order valence-corrected chi connectivity index (χ0v) is 18.5. The quantitative estimate of drug-likeness (QED) is 0.376. The molecule has 3 aromatic rings. The van der Waals surface area contributed by atoms with Gasteiger partial charge in [-0.1, -0.05) is 42.5 Å². The number of benzene rings is 3. The predicted octanol–water partition coefficient (Wildman–Crippen LogP) is 7.63. The lowest BCUT2D eigenvalue weighted by Gasteiger charge is -2.05. The van der Waals surface area contributed by atoms with Crippen molar-refractivity contribution in [2.75, 3.05) is 0 Å². The van der Waals surface area contributed by atoms with Gasteiger partial charge < -0.3 is 0 Å². The molecule has 0 radical (unpaired) electrons. The molecule has 34 heavy (non-hydrogen) atoms. The summed E-state index contributed by atoms with van der Waals surface area (Å²) in [7, 11) is 0. The van der Waals surface area contributed by atoms with Crippen LogP contribution in [0.4, 0.5) is 22.7 Å². The third-order valence-electron chi connectivity index (χ3n) is 5.07. The van der Waals surface area contributed by atoms with E-state index < -0.39 is 0 Å². The molecule has 0 atom stereocenters. The second kappa shape index (κ2) is 10.3. The van der Waals surface area contributed by atoms with E-state index in [4.69, 9.17) is 9.98 Å². The maximum atomic E-state index is 4.74. The Morgan fingerprint density at radius 2 is 0.588 bits per heavy atom. The summed E-state index contributed by atoms with van der Waals surface area (Å²) < 4.78 is 0. The van der Waals surface area contributed by atoms with Crippen LogP contribution >= 0.6 is 0 Å². The number of nitrogens with zero attached hydrogens (tertiary/aromatic N) is 4. The second-order valence-electron chi connectivity index (χ2n) is 7.67. The molecule has 0 saturated heterocycles. The van der Waals surface area contributed by atoms with Crippen molar-refractivity contribution < 1.29 is 0 Å². The fraction of sp³-hybridized carbons (Fsp3) is 0. The molecule has 0 N–H and O–H groups in total. The lowest BCUT2D eigenvalue weighted by atomic mass is 10.1. The summed E-state index contributed by atoms with van der Waals surface area (Å²) in [5, 5.41) is 0. The molecule has 2 aliphatic carbocycles. The van der Waals surface area contributed by atoms with Crippen LogP contribution in [0.25, 0.3) is 0 Å². The van der Waals surface area contributed by atoms with Crippen LogP contribution in [0.2, 0.25) is 0 Å². The summed E-state index contributed by atoms with van der Waals surface area (Å²) in [6.07, 6.45) is 15.8. The third-order valence-corrected chi connectivity index (χ3v) is 5.07. The van der Waals surface area contributed by atoms with E-state index in [1.807, 2.05) is 134 Å². The molecule has 0 unspecified atom stereocenters. The first-order valence-electron chi connectivity index (χ1n) is 11.1. The Balaban J connectivity index is 1.28. The van der Waals surface area contributed by atoms with E-state index >= 15 is 0 Å². The van der Waals surface area contributed by atoms with Crippen molar-refractivity contribution in [1.29, 1.82) is 0 Å². The van der Waals surface area contributed by atoms with Gasteiger partial charge >= 0.3 is 0 Å². The highest BCUT2D eigenvalue weighted by Crippen LogP contribution is 2.22. The Morgan fingerprint density at radius 3 is 0.941 bits per heavy atom. The molecule has 0 aliphatic heterocycles. The van der Waals surface area contributed by atoms with E-state index in [1.165, 1.54) is 0 Å². The molecule has 0 fully saturated rings. The van der Waals surface area contributed by atoms with Gasteiger partial charge in [0.25, 0.3) is 0 Å². The van der Waals surface area contributed by atoms with E-state index in [0.717, 1.165) is 45.6 Å². The normalized spacial score (nSPS) is 14.4. The number of aliphatic imine (C=N–C) groups is 4. The average molecular weight is 439 g/mol.